The smallest absolute Gasteiger partial charge is 0.164 e. The van der Waals surface area contributed by atoms with Gasteiger partial charge in [0.2, 0.25) is 0 Å². The van der Waals surface area contributed by atoms with Crippen molar-refractivity contribution in [2.75, 3.05) is 0 Å². The predicted octanol–water partition coefficient (Wildman–Crippen LogP) is 20.6. The number of allylic oxidation sites excluding steroid dienone is 2. The minimum absolute atomic E-state index is 0.0562. The SMILES string of the molecule is C1=CC2Oc3c(-c4ccc(-c5cccc(-c6nc(-c7ccccc7)nc(-c7ccccc7)n6)c5)cc4)cc(-c4cccc(-c5ccc(-n6c7ccccc7c7cc(-c8cccc(-c9cccc(-c%10ccccc%10)c9)c8)ccc76)cc5)c4)cc3C2C=C1. The van der Waals surface area contributed by atoms with Crippen LogP contribution in [0.5, 0.6) is 5.75 Å². The van der Waals surface area contributed by atoms with E-state index in [4.69, 9.17) is 19.7 Å². The molecule has 0 N–H and O–H groups in total. The van der Waals surface area contributed by atoms with Gasteiger partial charge >= 0.3 is 0 Å². The van der Waals surface area contributed by atoms with Gasteiger partial charge < -0.3 is 9.30 Å². The molecule has 5 heteroatoms. The predicted molar refractivity (Wildman–Crippen MR) is 354 cm³/mol. The van der Waals surface area contributed by atoms with Gasteiger partial charge in [-0.3, -0.25) is 0 Å². The van der Waals surface area contributed by atoms with E-state index >= 15 is 0 Å². The molecule has 0 fully saturated rings. The van der Waals surface area contributed by atoms with Crippen molar-refractivity contribution in [3.8, 4) is 123 Å². The minimum Gasteiger partial charge on any atom is -0.484 e. The molecule has 2 aromatic heterocycles. The van der Waals surface area contributed by atoms with Crippen LogP contribution in [0.25, 0.3) is 140 Å². The van der Waals surface area contributed by atoms with Crippen molar-refractivity contribution in [2.24, 2.45) is 0 Å². The van der Waals surface area contributed by atoms with E-state index in [1.54, 1.807) is 0 Å². The number of ether oxygens (including phenoxy) is 1. The Labute approximate surface area is 499 Å². The van der Waals surface area contributed by atoms with Crippen LogP contribution in [0.1, 0.15) is 11.5 Å². The van der Waals surface area contributed by atoms with Crippen LogP contribution >= 0.6 is 0 Å². The summed E-state index contributed by atoms with van der Waals surface area (Å²) in [5, 5.41) is 2.46. The van der Waals surface area contributed by atoms with Crippen molar-refractivity contribution in [1.29, 1.82) is 0 Å². The molecule has 404 valence electrons. The zero-order chi connectivity index (χ0) is 56.9. The monoisotopic (exact) mass is 1100 g/mol. The van der Waals surface area contributed by atoms with E-state index in [9.17, 15) is 0 Å². The van der Waals surface area contributed by atoms with Gasteiger partial charge in [0.25, 0.3) is 0 Å². The Hall–Kier alpha value is -11.3. The van der Waals surface area contributed by atoms with Crippen molar-refractivity contribution in [2.45, 2.75) is 12.0 Å². The number of para-hydroxylation sites is 1. The molecule has 0 saturated carbocycles. The molecule has 12 aromatic carbocycles. The summed E-state index contributed by atoms with van der Waals surface area (Å²) in [7, 11) is 0. The first-order valence-corrected chi connectivity index (χ1v) is 29.4. The lowest BCUT2D eigenvalue weighted by Crippen LogP contribution is -2.15. The Morgan fingerprint density at radius 3 is 1.28 bits per heavy atom. The Balaban J connectivity index is 0.699. The lowest BCUT2D eigenvalue weighted by Gasteiger charge is -2.14. The molecule has 5 nitrogen and oxygen atoms in total. The van der Waals surface area contributed by atoms with Crippen molar-refractivity contribution in [1.82, 2.24) is 19.5 Å². The maximum absolute atomic E-state index is 6.84. The number of rotatable bonds is 11. The molecule has 0 bridgehead atoms. The lowest BCUT2D eigenvalue weighted by molar-refractivity contribution is 0.270. The summed E-state index contributed by atoms with van der Waals surface area (Å²) in [6.07, 6.45) is 8.64. The third kappa shape index (κ3) is 9.38. The molecule has 2 atom stereocenters. The van der Waals surface area contributed by atoms with E-state index in [0.29, 0.717) is 17.5 Å². The highest BCUT2D eigenvalue weighted by molar-refractivity contribution is 6.10. The first-order chi connectivity index (χ1) is 42.6. The van der Waals surface area contributed by atoms with Gasteiger partial charge in [-0.25, -0.2) is 15.0 Å². The average Bonchev–Trinajstić information content (AvgIpc) is 2.87. The normalized spacial score (nSPS) is 14.0. The first kappa shape index (κ1) is 50.5. The van der Waals surface area contributed by atoms with E-state index in [-0.39, 0.29) is 12.0 Å². The van der Waals surface area contributed by atoms with E-state index in [1.807, 2.05) is 60.7 Å². The summed E-state index contributed by atoms with van der Waals surface area (Å²) in [6, 6.07) is 104. The topological polar surface area (TPSA) is 52.8 Å². The lowest BCUT2D eigenvalue weighted by atomic mass is 9.87. The fourth-order valence-corrected chi connectivity index (χ4v) is 12.6. The van der Waals surface area contributed by atoms with Gasteiger partial charge in [-0.05, 0) is 145 Å². The Kier molecular flexibility index (Phi) is 12.6. The first-order valence-electron chi connectivity index (χ1n) is 29.4. The molecule has 2 unspecified atom stereocenters. The molecule has 1 aliphatic carbocycles. The van der Waals surface area contributed by atoms with Gasteiger partial charge in [-0.2, -0.15) is 0 Å². The molecule has 16 rings (SSSR count). The van der Waals surface area contributed by atoms with E-state index < -0.39 is 0 Å². The molecule has 14 aromatic rings. The van der Waals surface area contributed by atoms with Gasteiger partial charge in [-0.15, -0.1) is 0 Å². The van der Waals surface area contributed by atoms with Crippen LogP contribution in [-0.2, 0) is 0 Å². The van der Waals surface area contributed by atoms with Crippen molar-refractivity contribution < 1.29 is 4.74 Å². The third-order valence-corrected chi connectivity index (χ3v) is 17.0. The summed E-state index contributed by atoms with van der Waals surface area (Å²) >= 11 is 0. The van der Waals surface area contributed by atoms with Crippen LogP contribution in [0.3, 0.4) is 0 Å². The second kappa shape index (κ2) is 21.5. The van der Waals surface area contributed by atoms with Crippen molar-refractivity contribution in [3.63, 3.8) is 0 Å². The summed E-state index contributed by atoms with van der Waals surface area (Å²) < 4.78 is 9.24. The van der Waals surface area contributed by atoms with Crippen molar-refractivity contribution >= 4 is 21.8 Å². The van der Waals surface area contributed by atoms with Gasteiger partial charge in [0.1, 0.15) is 11.9 Å². The fourth-order valence-electron chi connectivity index (χ4n) is 12.6. The Morgan fingerprint density at radius 1 is 0.279 bits per heavy atom. The van der Waals surface area contributed by atoms with Gasteiger partial charge in [0, 0.05) is 50.2 Å². The van der Waals surface area contributed by atoms with Crippen LogP contribution in [0.15, 0.2) is 315 Å². The average molecular weight is 1100 g/mol. The number of hydrogen-bond acceptors (Lipinski definition) is 4. The van der Waals surface area contributed by atoms with Gasteiger partial charge in [0.15, 0.2) is 17.5 Å². The summed E-state index contributed by atoms with van der Waals surface area (Å²) in [6.45, 7) is 0. The molecule has 3 heterocycles. The summed E-state index contributed by atoms with van der Waals surface area (Å²) in [4.78, 5) is 14.9. The number of fused-ring (bicyclic) bond motifs is 6. The van der Waals surface area contributed by atoms with E-state index in [0.717, 1.165) is 72.6 Å². The zero-order valence-corrected chi connectivity index (χ0v) is 46.9. The second-order valence-electron chi connectivity index (χ2n) is 22.3. The maximum Gasteiger partial charge on any atom is 0.164 e. The van der Waals surface area contributed by atoms with Crippen LogP contribution in [0.4, 0.5) is 0 Å². The minimum atomic E-state index is -0.0562. The summed E-state index contributed by atoms with van der Waals surface area (Å²) in [5.41, 5.74) is 23.6. The molecule has 2 aliphatic rings. The highest BCUT2D eigenvalue weighted by atomic mass is 16.5. The third-order valence-electron chi connectivity index (χ3n) is 17.0. The molecule has 0 spiro atoms. The van der Waals surface area contributed by atoms with Crippen molar-refractivity contribution in [3.05, 3.63) is 321 Å². The standard InChI is InChI=1S/C81H54N4O/c1-4-18-53(19-5-1)59-24-14-27-62(46-59)63-28-16-29-64(48-63)66-42-45-76-73(50-66)70-32-10-12-34-75(70)85(76)69-43-40-55(41-44-69)60-25-15-30-65(47-60)68-51-72(78-74(52-68)71-33-11-13-35-77(71)86-78)56-38-36-54(37-39-56)61-26-17-31-67(49-61)81-83-79(57-20-6-2-7-21-57)82-80(84-81)58-22-8-3-9-23-58/h1-52,71,77H. The van der Waals surface area contributed by atoms with Gasteiger partial charge in [0.05, 0.1) is 11.0 Å². The Bertz CT molecular complexity index is 4890. The van der Waals surface area contributed by atoms with E-state index in [1.165, 1.54) is 60.8 Å². The number of aromatic nitrogens is 4. The van der Waals surface area contributed by atoms with Gasteiger partial charge in [-0.1, -0.05) is 243 Å². The number of hydrogen-bond donors (Lipinski definition) is 0. The molecule has 0 amide bonds. The largest absolute Gasteiger partial charge is 0.484 e. The van der Waals surface area contributed by atoms with Crippen LogP contribution in [0, 0.1) is 0 Å². The second-order valence-corrected chi connectivity index (χ2v) is 22.3. The summed E-state index contributed by atoms with van der Waals surface area (Å²) in [5.74, 6) is 2.97. The number of nitrogens with zero attached hydrogens (tertiary/aromatic N) is 4. The zero-order valence-electron chi connectivity index (χ0n) is 46.9. The van der Waals surface area contributed by atoms with Crippen LogP contribution < -0.4 is 4.74 Å². The highest BCUT2D eigenvalue weighted by Crippen LogP contribution is 2.49. The maximum atomic E-state index is 6.84. The van der Waals surface area contributed by atoms with Crippen LogP contribution in [0.2, 0.25) is 0 Å². The molecule has 0 saturated heterocycles. The Morgan fingerprint density at radius 2 is 0.686 bits per heavy atom. The van der Waals surface area contributed by atoms with Crippen LogP contribution in [-0.4, -0.2) is 25.6 Å². The molecular weight excluding hydrogens is 1040 g/mol. The molecule has 86 heavy (non-hydrogen) atoms. The van der Waals surface area contributed by atoms with E-state index in [2.05, 4.69) is 259 Å². The molecular formula is C81H54N4O. The molecule has 1 aliphatic heterocycles. The quantitative estimate of drug-likeness (QED) is 0.130. The highest BCUT2D eigenvalue weighted by Gasteiger charge is 2.35. The molecule has 0 radical (unpaired) electrons. The number of benzene rings is 12. The fraction of sp³-hybridized carbons (Fsp3) is 0.0247.